The first-order valence-electron chi connectivity index (χ1n) is 7.00. The maximum atomic E-state index is 12.1. The molecule has 0 unspecified atom stereocenters. The molecule has 2 N–H and O–H groups in total. The standard InChI is InChI=1S/C17H12BrN3O3/c18-15-7-6-14(24-15)17(23)21-13-5-1-4-12(9-13)20-16(22)11-3-2-8-19-10-11/h1-10H,(H,20,22)(H,21,23). The molecule has 6 nitrogen and oxygen atoms in total. The molecule has 120 valence electrons. The Morgan fingerprint density at radius 1 is 0.958 bits per heavy atom. The Bertz CT molecular complexity index is 878. The lowest BCUT2D eigenvalue weighted by Gasteiger charge is -2.08. The number of hydrogen-bond acceptors (Lipinski definition) is 4. The van der Waals surface area contributed by atoms with Gasteiger partial charge in [0.2, 0.25) is 0 Å². The van der Waals surface area contributed by atoms with Gasteiger partial charge in [0.1, 0.15) is 0 Å². The number of pyridine rings is 1. The van der Waals surface area contributed by atoms with E-state index in [1.165, 1.54) is 6.20 Å². The van der Waals surface area contributed by atoms with E-state index in [4.69, 9.17) is 4.42 Å². The summed E-state index contributed by atoms with van der Waals surface area (Å²) in [5.74, 6) is -0.468. The number of halogens is 1. The number of carbonyl (C=O) groups is 2. The summed E-state index contributed by atoms with van der Waals surface area (Å²) in [4.78, 5) is 28.1. The molecule has 24 heavy (non-hydrogen) atoms. The number of nitrogens with one attached hydrogen (secondary N) is 2. The molecule has 0 saturated heterocycles. The molecular formula is C17H12BrN3O3. The Balaban J connectivity index is 1.70. The first-order valence-corrected chi connectivity index (χ1v) is 7.79. The summed E-state index contributed by atoms with van der Waals surface area (Å²) >= 11 is 3.15. The molecule has 0 radical (unpaired) electrons. The number of nitrogens with zero attached hydrogens (tertiary/aromatic N) is 1. The SMILES string of the molecule is O=C(Nc1cccc(NC(=O)c2ccc(Br)o2)c1)c1cccnc1. The molecule has 0 aliphatic rings. The molecule has 0 atom stereocenters. The van der Waals surface area contributed by atoms with E-state index in [1.807, 2.05) is 0 Å². The van der Waals surface area contributed by atoms with Gasteiger partial charge in [-0.2, -0.15) is 0 Å². The lowest BCUT2D eigenvalue weighted by Crippen LogP contribution is -2.13. The van der Waals surface area contributed by atoms with Crippen molar-refractivity contribution in [2.24, 2.45) is 0 Å². The molecule has 0 aliphatic carbocycles. The molecular weight excluding hydrogens is 374 g/mol. The van der Waals surface area contributed by atoms with Crippen LogP contribution < -0.4 is 10.6 Å². The van der Waals surface area contributed by atoms with Gasteiger partial charge < -0.3 is 15.1 Å². The minimum Gasteiger partial charge on any atom is -0.444 e. The monoisotopic (exact) mass is 385 g/mol. The quantitative estimate of drug-likeness (QED) is 0.712. The summed E-state index contributed by atoms with van der Waals surface area (Å²) in [6.07, 6.45) is 3.08. The zero-order valence-corrected chi connectivity index (χ0v) is 13.9. The first kappa shape index (κ1) is 15.9. The van der Waals surface area contributed by atoms with Gasteiger partial charge in [0.05, 0.1) is 5.56 Å². The Hall–Kier alpha value is -2.93. The molecule has 2 aromatic heterocycles. The maximum absolute atomic E-state index is 12.1. The van der Waals surface area contributed by atoms with Crippen molar-refractivity contribution in [2.75, 3.05) is 10.6 Å². The van der Waals surface area contributed by atoms with E-state index < -0.39 is 0 Å². The van der Waals surface area contributed by atoms with Crippen molar-refractivity contribution >= 4 is 39.1 Å². The fourth-order valence-electron chi connectivity index (χ4n) is 2.00. The molecule has 7 heteroatoms. The van der Waals surface area contributed by atoms with Crippen LogP contribution in [0.1, 0.15) is 20.9 Å². The van der Waals surface area contributed by atoms with Crippen LogP contribution in [0.5, 0.6) is 0 Å². The molecule has 3 rings (SSSR count). The van der Waals surface area contributed by atoms with E-state index in [9.17, 15) is 9.59 Å². The van der Waals surface area contributed by atoms with E-state index >= 15 is 0 Å². The lowest BCUT2D eigenvalue weighted by atomic mass is 10.2. The highest BCUT2D eigenvalue weighted by atomic mass is 79.9. The fraction of sp³-hybridized carbons (Fsp3) is 0. The first-order chi connectivity index (χ1) is 11.6. The van der Waals surface area contributed by atoms with Crippen molar-refractivity contribution in [2.45, 2.75) is 0 Å². The van der Waals surface area contributed by atoms with Crippen molar-refractivity contribution in [3.63, 3.8) is 0 Å². The summed E-state index contributed by atoms with van der Waals surface area (Å²) in [5.41, 5.74) is 1.55. The Labute approximate surface area is 146 Å². The molecule has 0 bridgehead atoms. The van der Waals surface area contributed by atoms with Crippen LogP contribution in [0.2, 0.25) is 0 Å². The Morgan fingerprint density at radius 2 is 1.71 bits per heavy atom. The molecule has 0 aliphatic heterocycles. The third-order valence-corrected chi connectivity index (χ3v) is 3.53. The minimum atomic E-state index is -0.378. The van der Waals surface area contributed by atoms with Crippen molar-refractivity contribution in [1.29, 1.82) is 0 Å². The van der Waals surface area contributed by atoms with E-state index in [2.05, 4.69) is 31.5 Å². The van der Waals surface area contributed by atoms with Crippen molar-refractivity contribution in [3.8, 4) is 0 Å². The molecule has 1 aromatic carbocycles. The molecule has 2 heterocycles. The highest BCUT2D eigenvalue weighted by molar-refractivity contribution is 9.10. The Kier molecular flexibility index (Phi) is 4.72. The smallest absolute Gasteiger partial charge is 0.291 e. The van der Waals surface area contributed by atoms with Crippen LogP contribution in [0.3, 0.4) is 0 Å². The number of furan rings is 1. The highest BCUT2D eigenvalue weighted by Gasteiger charge is 2.11. The van der Waals surface area contributed by atoms with Gasteiger partial charge in [-0.3, -0.25) is 14.6 Å². The summed E-state index contributed by atoms with van der Waals surface area (Å²) < 4.78 is 5.68. The number of rotatable bonds is 4. The zero-order chi connectivity index (χ0) is 16.9. The number of anilines is 2. The highest BCUT2D eigenvalue weighted by Crippen LogP contribution is 2.19. The molecule has 0 fully saturated rings. The normalized spacial score (nSPS) is 10.2. The van der Waals surface area contributed by atoms with Crippen molar-refractivity contribution in [1.82, 2.24) is 4.98 Å². The van der Waals surface area contributed by atoms with Crippen LogP contribution in [-0.2, 0) is 0 Å². The van der Waals surface area contributed by atoms with Gasteiger partial charge in [-0.25, -0.2) is 0 Å². The van der Waals surface area contributed by atoms with Crippen LogP contribution >= 0.6 is 15.9 Å². The molecule has 0 saturated carbocycles. The van der Waals surface area contributed by atoms with E-state index in [-0.39, 0.29) is 17.6 Å². The van der Waals surface area contributed by atoms with Crippen LogP contribution in [-0.4, -0.2) is 16.8 Å². The second-order valence-corrected chi connectivity index (χ2v) is 5.62. The van der Waals surface area contributed by atoms with Gasteiger partial charge in [-0.05, 0) is 58.4 Å². The number of amides is 2. The van der Waals surface area contributed by atoms with Crippen LogP contribution in [0, 0.1) is 0 Å². The van der Waals surface area contributed by atoms with Crippen LogP contribution in [0.4, 0.5) is 11.4 Å². The third kappa shape index (κ3) is 3.88. The molecule has 3 aromatic rings. The van der Waals surface area contributed by atoms with Gasteiger partial charge in [0.25, 0.3) is 11.8 Å². The summed E-state index contributed by atoms with van der Waals surface area (Å²) in [7, 11) is 0. The topological polar surface area (TPSA) is 84.2 Å². The summed E-state index contributed by atoms with van der Waals surface area (Å²) in [6.45, 7) is 0. The third-order valence-electron chi connectivity index (χ3n) is 3.10. The number of carbonyl (C=O) groups excluding carboxylic acids is 2. The molecule has 2 amide bonds. The predicted octanol–water partition coefficient (Wildman–Crippen LogP) is 3.94. The average molecular weight is 386 g/mol. The van der Waals surface area contributed by atoms with Gasteiger partial charge in [-0.15, -0.1) is 0 Å². The lowest BCUT2D eigenvalue weighted by molar-refractivity contribution is 0.0993. The fourth-order valence-corrected chi connectivity index (χ4v) is 2.31. The largest absolute Gasteiger partial charge is 0.444 e. The van der Waals surface area contributed by atoms with E-state index in [0.29, 0.717) is 21.6 Å². The van der Waals surface area contributed by atoms with Crippen LogP contribution in [0.25, 0.3) is 0 Å². The van der Waals surface area contributed by atoms with Gasteiger partial charge in [0, 0.05) is 23.8 Å². The van der Waals surface area contributed by atoms with Crippen LogP contribution in [0.15, 0.2) is 70.0 Å². The Morgan fingerprint density at radius 3 is 2.33 bits per heavy atom. The van der Waals surface area contributed by atoms with E-state index in [0.717, 1.165) is 0 Å². The number of benzene rings is 1. The molecule has 0 spiro atoms. The van der Waals surface area contributed by atoms with Crippen molar-refractivity contribution < 1.29 is 14.0 Å². The maximum Gasteiger partial charge on any atom is 0.291 e. The second kappa shape index (κ2) is 7.10. The van der Waals surface area contributed by atoms with Gasteiger partial charge in [-0.1, -0.05) is 6.07 Å². The van der Waals surface area contributed by atoms with Crippen molar-refractivity contribution in [3.05, 3.63) is 76.9 Å². The number of aromatic nitrogens is 1. The summed E-state index contributed by atoms with van der Waals surface area (Å²) in [5, 5.41) is 5.46. The van der Waals surface area contributed by atoms with E-state index in [1.54, 1.807) is 54.7 Å². The average Bonchev–Trinajstić information content (AvgIpc) is 3.02. The second-order valence-electron chi connectivity index (χ2n) is 4.83. The predicted molar refractivity (Wildman–Crippen MR) is 93.0 cm³/mol. The van der Waals surface area contributed by atoms with Gasteiger partial charge in [0.15, 0.2) is 10.4 Å². The zero-order valence-electron chi connectivity index (χ0n) is 12.3. The minimum absolute atomic E-state index is 0.187. The number of hydrogen-bond donors (Lipinski definition) is 2. The van der Waals surface area contributed by atoms with Gasteiger partial charge >= 0.3 is 0 Å². The summed E-state index contributed by atoms with van der Waals surface area (Å²) in [6, 6.07) is 13.4.